The second kappa shape index (κ2) is 6.64. The van der Waals surface area contributed by atoms with Gasteiger partial charge in [-0.15, -0.1) is 11.3 Å². The van der Waals surface area contributed by atoms with Crippen LogP contribution in [0.4, 0.5) is 5.69 Å². The number of hydrogen-bond acceptors (Lipinski definition) is 6. The van der Waals surface area contributed by atoms with Gasteiger partial charge in [-0.3, -0.25) is 0 Å². The molecule has 6 heteroatoms. The highest BCUT2D eigenvalue weighted by molar-refractivity contribution is 7.13. The molecule has 25 heavy (non-hydrogen) atoms. The number of ether oxygens (including phenoxy) is 3. The van der Waals surface area contributed by atoms with Crippen LogP contribution in [0.25, 0.3) is 21.8 Å². The lowest BCUT2D eigenvalue weighted by atomic mass is 10.1. The van der Waals surface area contributed by atoms with Gasteiger partial charge in [0.2, 0.25) is 0 Å². The van der Waals surface area contributed by atoms with Gasteiger partial charge in [-0.1, -0.05) is 0 Å². The molecular weight excluding hydrogens is 336 g/mol. The van der Waals surface area contributed by atoms with Gasteiger partial charge in [0.1, 0.15) is 17.4 Å². The van der Waals surface area contributed by atoms with Crippen molar-refractivity contribution in [3.63, 3.8) is 0 Å². The predicted molar refractivity (Wildman–Crippen MR) is 100 cm³/mol. The predicted octanol–water partition coefficient (Wildman–Crippen LogP) is 4.30. The van der Waals surface area contributed by atoms with Gasteiger partial charge in [-0.05, 0) is 36.4 Å². The Morgan fingerprint density at radius 2 is 1.88 bits per heavy atom. The minimum absolute atomic E-state index is 0.701. The van der Waals surface area contributed by atoms with Gasteiger partial charge < -0.3 is 19.5 Å². The maximum absolute atomic E-state index is 5.63. The van der Waals surface area contributed by atoms with E-state index in [0.29, 0.717) is 18.1 Å². The highest BCUT2D eigenvalue weighted by Crippen LogP contribution is 2.37. The van der Waals surface area contributed by atoms with Crippen molar-refractivity contribution in [2.75, 3.05) is 32.7 Å². The van der Waals surface area contributed by atoms with Crippen molar-refractivity contribution in [1.29, 1.82) is 0 Å². The molecule has 1 aromatic heterocycles. The summed E-state index contributed by atoms with van der Waals surface area (Å²) in [5.74, 6) is 2.31. The van der Waals surface area contributed by atoms with E-state index < -0.39 is 0 Å². The normalized spacial score (nSPS) is 12.7. The number of fused-ring (bicyclic) bond motifs is 1. The van der Waals surface area contributed by atoms with Crippen molar-refractivity contribution in [2.24, 2.45) is 0 Å². The molecule has 0 saturated carbocycles. The number of anilines is 1. The molecule has 128 valence electrons. The van der Waals surface area contributed by atoms with Crippen molar-refractivity contribution in [2.45, 2.75) is 0 Å². The largest absolute Gasteiger partial charge is 0.493 e. The molecule has 1 aliphatic rings. The maximum atomic E-state index is 5.63. The van der Waals surface area contributed by atoms with Gasteiger partial charge in [-0.2, -0.15) is 0 Å². The van der Waals surface area contributed by atoms with Crippen LogP contribution in [-0.2, 0) is 0 Å². The highest BCUT2D eigenvalue weighted by atomic mass is 32.1. The quantitative estimate of drug-likeness (QED) is 0.757. The maximum Gasteiger partial charge on any atom is 0.161 e. The number of benzene rings is 2. The summed E-state index contributed by atoms with van der Waals surface area (Å²) in [6.07, 6.45) is 0. The van der Waals surface area contributed by atoms with E-state index in [1.54, 1.807) is 25.6 Å². The van der Waals surface area contributed by atoms with Crippen molar-refractivity contribution >= 4 is 17.0 Å². The fourth-order valence-electron chi connectivity index (χ4n) is 2.81. The van der Waals surface area contributed by atoms with E-state index in [1.807, 2.05) is 30.3 Å². The van der Waals surface area contributed by atoms with E-state index in [4.69, 9.17) is 19.2 Å². The van der Waals surface area contributed by atoms with E-state index in [2.05, 4.69) is 16.8 Å². The third-order valence-electron chi connectivity index (χ3n) is 4.09. The summed E-state index contributed by atoms with van der Waals surface area (Å²) in [6.45, 7) is 1.52. The Morgan fingerprint density at radius 3 is 2.72 bits per heavy atom. The molecule has 0 fully saturated rings. The lowest BCUT2D eigenvalue weighted by Gasteiger charge is -2.19. The zero-order valence-electron chi connectivity index (χ0n) is 14.0. The van der Waals surface area contributed by atoms with E-state index in [9.17, 15) is 0 Å². The van der Waals surface area contributed by atoms with Crippen molar-refractivity contribution in [3.05, 3.63) is 41.8 Å². The molecule has 0 bridgehead atoms. The molecule has 5 nitrogen and oxygen atoms in total. The van der Waals surface area contributed by atoms with E-state index in [-0.39, 0.29) is 0 Å². The summed E-state index contributed by atoms with van der Waals surface area (Å²) < 4.78 is 16.3. The highest BCUT2D eigenvalue weighted by Gasteiger charge is 2.14. The van der Waals surface area contributed by atoms with Crippen LogP contribution >= 0.6 is 11.3 Å². The Kier molecular flexibility index (Phi) is 4.19. The monoisotopic (exact) mass is 354 g/mol. The average molecular weight is 354 g/mol. The summed E-state index contributed by atoms with van der Waals surface area (Å²) in [5.41, 5.74) is 4.04. The van der Waals surface area contributed by atoms with Crippen molar-refractivity contribution in [1.82, 2.24) is 4.98 Å². The topological polar surface area (TPSA) is 52.6 Å². The lowest BCUT2D eigenvalue weighted by molar-refractivity contribution is 0.323. The number of hydrogen-bond donors (Lipinski definition) is 1. The first kappa shape index (κ1) is 15.8. The molecule has 0 spiro atoms. The zero-order chi connectivity index (χ0) is 17.2. The Hall–Kier alpha value is -2.73. The Bertz CT molecular complexity index is 853. The van der Waals surface area contributed by atoms with Crippen LogP contribution in [0.5, 0.6) is 17.2 Å². The van der Waals surface area contributed by atoms with Gasteiger partial charge in [0.25, 0.3) is 0 Å². The molecular formula is C19H18N2O3S. The summed E-state index contributed by atoms with van der Waals surface area (Å²) in [7, 11) is 3.27. The summed E-state index contributed by atoms with van der Waals surface area (Å²) in [4.78, 5) is 4.78. The third kappa shape index (κ3) is 3.00. The van der Waals surface area contributed by atoms with E-state index in [0.717, 1.165) is 39.8 Å². The molecule has 0 radical (unpaired) electrons. The minimum Gasteiger partial charge on any atom is -0.493 e. The van der Waals surface area contributed by atoms with Crippen molar-refractivity contribution in [3.8, 4) is 39.1 Å². The molecule has 4 rings (SSSR count). The van der Waals surface area contributed by atoms with Gasteiger partial charge in [0.05, 0.1) is 25.6 Å². The molecule has 0 atom stereocenters. The van der Waals surface area contributed by atoms with E-state index >= 15 is 0 Å². The Labute approximate surface area is 150 Å². The van der Waals surface area contributed by atoms with Gasteiger partial charge in [0, 0.05) is 23.1 Å². The second-order valence-electron chi connectivity index (χ2n) is 5.59. The molecule has 0 unspecified atom stereocenters. The first-order chi connectivity index (χ1) is 12.3. The zero-order valence-corrected chi connectivity index (χ0v) is 14.9. The fraction of sp³-hybridized carbons (Fsp3) is 0.211. The first-order valence-electron chi connectivity index (χ1n) is 7.97. The smallest absolute Gasteiger partial charge is 0.161 e. The SMILES string of the molecule is COc1ccc(-c2nc(-c3ccc4c(c3)NCCO4)cs2)cc1OC. The summed E-state index contributed by atoms with van der Waals surface area (Å²) in [6, 6.07) is 12.0. The average Bonchev–Trinajstić information content (AvgIpc) is 3.17. The molecule has 3 aromatic rings. The first-order valence-corrected chi connectivity index (χ1v) is 8.85. The standard InChI is InChI=1S/C19H18N2O3S/c1-22-17-6-4-13(10-18(17)23-2)19-21-15(11-25-19)12-3-5-16-14(9-12)20-7-8-24-16/h3-6,9-11,20H,7-8H2,1-2H3. The molecule has 2 aromatic carbocycles. The second-order valence-corrected chi connectivity index (χ2v) is 6.45. The van der Waals surface area contributed by atoms with Crippen LogP contribution in [-0.4, -0.2) is 32.4 Å². The number of nitrogens with zero attached hydrogens (tertiary/aromatic N) is 1. The van der Waals surface area contributed by atoms with Crippen LogP contribution in [0.15, 0.2) is 41.8 Å². The lowest BCUT2D eigenvalue weighted by Crippen LogP contribution is -2.17. The minimum atomic E-state index is 0.701. The van der Waals surface area contributed by atoms with Crippen LogP contribution < -0.4 is 19.5 Å². The molecule has 1 N–H and O–H groups in total. The summed E-state index contributed by atoms with van der Waals surface area (Å²) in [5, 5.41) is 6.37. The van der Waals surface area contributed by atoms with Crippen LogP contribution in [0, 0.1) is 0 Å². The number of methoxy groups -OCH3 is 2. The molecule has 0 amide bonds. The van der Waals surface area contributed by atoms with Crippen LogP contribution in [0.2, 0.25) is 0 Å². The van der Waals surface area contributed by atoms with Crippen LogP contribution in [0.3, 0.4) is 0 Å². The molecule has 0 saturated heterocycles. The molecule has 0 aliphatic carbocycles. The number of rotatable bonds is 4. The molecule has 1 aliphatic heterocycles. The number of thiazole rings is 1. The Morgan fingerprint density at radius 1 is 1.04 bits per heavy atom. The van der Waals surface area contributed by atoms with E-state index in [1.165, 1.54) is 0 Å². The van der Waals surface area contributed by atoms with Gasteiger partial charge in [0.15, 0.2) is 11.5 Å². The fourth-order valence-corrected chi connectivity index (χ4v) is 3.63. The third-order valence-corrected chi connectivity index (χ3v) is 4.98. The summed E-state index contributed by atoms with van der Waals surface area (Å²) >= 11 is 1.61. The number of nitrogens with one attached hydrogen (secondary N) is 1. The Balaban J connectivity index is 1.66. The van der Waals surface area contributed by atoms with Crippen LogP contribution in [0.1, 0.15) is 0 Å². The van der Waals surface area contributed by atoms with Gasteiger partial charge in [-0.25, -0.2) is 4.98 Å². The van der Waals surface area contributed by atoms with Gasteiger partial charge >= 0.3 is 0 Å². The number of aromatic nitrogens is 1. The van der Waals surface area contributed by atoms with Crippen molar-refractivity contribution < 1.29 is 14.2 Å². The molecule has 2 heterocycles.